The van der Waals surface area contributed by atoms with E-state index in [1.54, 1.807) is 31.2 Å². The molecule has 7 nitrogen and oxygen atoms in total. The first-order valence-electron chi connectivity index (χ1n) is 9.55. The molecule has 2 aromatic rings. The van der Waals surface area contributed by atoms with Crippen molar-refractivity contribution in [3.63, 3.8) is 0 Å². The van der Waals surface area contributed by atoms with Crippen LogP contribution in [0.15, 0.2) is 54.6 Å². The Hall–Kier alpha value is -2.74. The summed E-state index contributed by atoms with van der Waals surface area (Å²) in [6.07, 6.45) is 0.534. The Kier molecular flexibility index (Phi) is 6.32. The number of para-hydroxylation sites is 1. The van der Waals surface area contributed by atoms with Gasteiger partial charge in [-0.25, -0.2) is 8.42 Å². The number of sulfonamides is 1. The van der Waals surface area contributed by atoms with Crippen LogP contribution < -0.4 is 13.9 Å². The summed E-state index contributed by atoms with van der Waals surface area (Å²) < 4.78 is 30.2. The summed E-state index contributed by atoms with van der Waals surface area (Å²) in [6, 6.07) is 16.8. The molecule has 1 amide bonds. The van der Waals surface area contributed by atoms with Crippen LogP contribution in [0.4, 0.5) is 11.4 Å². The van der Waals surface area contributed by atoms with Gasteiger partial charge in [0.2, 0.25) is 10.0 Å². The number of carbonyl (C=O) groups excluding carboxylic acids is 1. The summed E-state index contributed by atoms with van der Waals surface area (Å²) in [6.45, 7) is 4.62. The van der Waals surface area contributed by atoms with Crippen LogP contribution in [0, 0.1) is 0 Å². The molecular formula is C21H27N3O4S. The van der Waals surface area contributed by atoms with Crippen LogP contribution in [0.25, 0.3) is 0 Å². The average Bonchev–Trinajstić information content (AvgIpc) is 2.73. The molecule has 1 aliphatic heterocycles. The highest BCUT2D eigenvalue weighted by Crippen LogP contribution is 2.22. The number of anilines is 2. The van der Waals surface area contributed by atoms with Crippen LogP contribution in [-0.2, 0) is 14.8 Å². The fourth-order valence-corrected chi connectivity index (χ4v) is 3.77. The second kappa shape index (κ2) is 8.73. The quantitative estimate of drug-likeness (QED) is 0.721. The minimum Gasteiger partial charge on any atom is -0.481 e. The fraction of sp³-hybridized carbons (Fsp3) is 0.381. The summed E-state index contributed by atoms with van der Waals surface area (Å²) >= 11 is 0. The van der Waals surface area contributed by atoms with Crippen LogP contribution in [0.5, 0.6) is 5.75 Å². The SMILES string of the molecule is C[C@@H](Oc1ccc(N(C)S(C)(=O)=O)cc1)C(=O)N1CCN(c2ccccc2)CC1. The van der Waals surface area contributed by atoms with E-state index >= 15 is 0 Å². The van der Waals surface area contributed by atoms with E-state index in [0.29, 0.717) is 24.5 Å². The van der Waals surface area contributed by atoms with Crippen molar-refractivity contribution in [1.82, 2.24) is 4.90 Å². The molecule has 0 N–H and O–H groups in total. The number of rotatable bonds is 6. The van der Waals surface area contributed by atoms with Gasteiger partial charge in [-0.2, -0.15) is 0 Å². The molecular weight excluding hydrogens is 390 g/mol. The molecule has 29 heavy (non-hydrogen) atoms. The number of piperazine rings is 1. The highest BCUT2D eigenvalue weighted by atomic mass is 32.2. The third-order valence-corrected chi connectivity index (χ3v) is 6.28. The Bertz CT molecular complexity index is 924. The molecule has 0 spiro atoms. The topological polar surface area (TPSA) is 70.2 Å². The Morgan fingerprint density at radius 3 is 2.14 bits per heavy atom. The molecule has 0 radical (unpaired) electrons. The van der Waals surface area contributed by atoms with Gasteiger partial charge < -0.3 is 14.5 Å². The lowest BCUT2D eigenvalue weighted by atomic mass is 10.2. The zero-order valence-corrected chi connectivity index (χ0v) is 17.8. The smallest absolute Gasteiger partial charge is 0.263 e. The van der Waals surface area contributed by atoms with E-state index in [-0.39, 0.29) is 5.91 Å². The third kappa shape index (κ3) is 5.20. The first-order chi connectivity index (χ1) is 13.8. The van der Waals surface area contributed by atoms with Crippen molar-refractivity contribution in [2.75, 3.05) is 48.7 Å². The highest BCUT2D eigenvalue weighted by molar-refractivity contribution is 7.92. The first-order valence-corrected chi connectivity index (χ1v) is 11.4. The van der Waals surface area contributed by atoms with Crippen molar-refractivity contribution in [2.24, 2.45) is 0 Å². The van der Waals surface area contributed by atoms with Gasteiger partial charge in [0.05, 0.1) is 11.9 Å². The normalized spacial score (nSPS) is 15.7. The molecule has 3 rings (SSSR count). The standard InChI is InChI=1S/C21H27N3O4S/c1-17(28-20-11-9-18(10-12-20)22(2)29(3,26)27)21(25)24-15-13-23(14-16-24)19-7-5-4-6-8-19/h4-12,17H,13-16H2,1-3H3/t17-/m1/s1. The van der Waals surface area contributed by atoms with Crippen molar-refractivity contribution in [3.8, 4) is 5.75 Å². The Morgan fingerprint density at radius 2 is 1.59 bits per heavy atom. The number of hydrogen-bond acceptors (Lipinski definition) is 5. The van der Waals surface area contributed by atoms with E-state index < -0.39 is 16.1 Å². The van der Waals surface area contributed by atoms with Gasteiger partial charge in [-0.15, -0.1) is 0 Å². The molecule has 1 atom stereocenters. The number of carbonyl (C=O) groups is 1. The first kappa shape index (κ1) is 21.0. The second-order valence-corrected chi connectivity index (χ2v) is 9.15. The molecule has 0 aliphatic carbocycles. The van der Waals surface area contributed by atoms with E-state index in [9.17, 15) is 13.2 Å². The minimum absolute atomic E-state index is 0.0463. The van der Waals surface area contributed by atoms with E-state index in [1.165, 1.54) is 17.0 Å². The molecule has 0 saturated carbocycles. The maximum Gasteiger partial charge on any atom is 0.263 e. The van der Waals surface area contributed by atoms with Crippen molar-refractivity contribution < 1.29 is 17.9 Å². The van der Waals surface area contributed by atoms with Gasteiger partial charge >= 0.3 is 0 Å². The largest absolute Gasteiger partial charge is 0.481 e. The lowest BCUT2D eigenvalue weighted by Gasteiger charge is -2.37. The molecule has 0 bridgehead atoms. The van der Waals surface area contributed by atoms with Gasteiger partial charge in [-0.1, -0.05) is 18.2 Å². The van der Waals surface area contributed by atoms with Gasteiger partial charge in [-0.05, 0) is 43.3 Å². The van der Waals surface area contributed by atoms with Crippen LogP contribution >= 0.6 is 0 Å². The Balaban J connectivity index is 1.54. The van der Waals surface area contributed by atoms with Gasteiger partial charge in [0.1, 0.15) is 5.75 Å². The van der Waals surface area contributed by atoms with Gasteiger partial charge in [0, 0.05) is 38.9 Å². The summed E-state index contributed by atoms with van der Waals surface area (Å²) in [5.74, 6) is 0.481. The van der Waals surface area contributed by atoms with E-state index in [1.807, 2.05) is 23.1 Å². The molecule has 1 aliphatic rings. The van der Waals surface area contributed by atoms with Crippen molar-refractivity contribution in [3.05, 3.63) is 54.6 Å². The van der Waals surface area contributed by atoms with Crippen LogP contribution in [-0.4, -0.2) is 64.8 Å². The van der Waals surface area contributed by atoms with Crippen LogP contribution in [0.1, 0.15) is 6.92 Å². The maximum absolute atomic E-state index is 12.7. The molecule has 0 aromatic heterocycles. The zero-order valence-electron chi connectivity index (χ0n) is 17.0. The lowest BCUT2D eigenvalue weighted by Crippen LogP contribution is -2.52. The maximum atomic E-state index is 12.7. The van der Waals surface area contributed by atoms with E-state index in [4.69, 9.17) is 4.74 Å². The summed E-state index contributed by atoms with van der Waals surface area (Å²) in [5, 5.41) is 0. The summed E-state index contributed by atoms with van der Waals surface area (Å²) in [7, 11) is -1.82. The van der Waals surface area contributed by atoms with Gasteiger partial charge in [0.25, 0.3) is 5.91 Å². The average molecular weight is 418 g/mol. The molecule has 1 fully saturated rings. The highest BCUT2D eigenvalue weighted by Gasteiger charge is 2.26. The number of hydrogen-bond donors (Lipinski definition) is 0. The van der Waals surface area contributed by atoms with Gasteiger partial charge in [-0.3, -0.25) is 9.10 Å². The van der Waals surface area contributed by atoms with E-state index in [2.05, 4.69) is 17.0 Å². The molecule has 8 heteroatoms. The molecule has 1 saturated heterocycles. The predicted octanol–water partition coefficient (Wildman–Crippen LogP) is 2.20. The predicted molar refractivity (Wildman–Crippen MR) is 115 cm³/mol. The number of amides is 1. The Morgan fingerprint density at radius 1 is 1.00 bits per heavy atom. The number of benzene rings is 2. The van der Waals surface area contributed by atoms with Crippen LogP contribution in [0.2, 0.25) is 0 Å². The zero-order chi connectivity index (χ0) is 21.0. The van der Waals surface area contributed by atoms with Crippen molar-refractivity contribution in [2.45, 2.75) is 13.0 Å². The minimum atomic E-state index is -3.32. The van der Waals surface area contributed by atoms with Crippen molar-refractivity contribution in [1.29, 1.82) is 0 Å². The summed E-state index contributed by atoms with van der Waals surface area (Å²) in [5.41, 5.74) is 1.71. The summed E-state index contributed by atoms with van der Waals surface area (Å²) in [4.78, 5) is 16.8. The van der Waals surface area contributed by atoms with Crippen molar-refractivity contribution >= 4 is 27.3 Å². The van der Waals surface area contributed by atoms with E-state index in [0.717, 1.165) is 19.3 Å². The number of nitrogens with zero attached hydrogens (tertiary/aromatic N) is 3. The van der Waals surface area contributed by atoms with Crippen LogP contribution in [0.3, 0.4) is 0 Å². The Labute approximate surface area is 172 Å². The lowest BCUT2D eigenvalue weighted by molar-refractivity contribution is -0.138. The van der Waals surface area contributed by atoms with Gasteiger partial charge in [0.15, 0.2) is 6.10 Å². The third-order valence-electron chi connectivity index (χ3n) is 5.07. The molecule has 1 heterocycles. The number of ether oxygens (including phenoxy) is 1. The molecule has 2 aromatic carbocycles. The monoisotopic (exact) mass is 417 g/mol. The fourth-order valence-electron chi connectivity index (χ4n) is 3.26. The molecule has 0 unspecified atom stereocenters. The molecule has 156 valence electrons. The second-order valence-electron chi connectivity index (χ2n) is 7.13.